The van der Waals surface area contributed by atoms with Crippen LogP contribution in [0.1, 0.15) is 111 Å². The molecule has 1 aromatic carbocycles. The number of rotatable bonds is 16. The molecule has 0 aliphatic rings. The van der Waals surface area contributed by atoms with E-state index in [1.165, 1.54) is 7.11 Å². The van der Waals surface area contributed by atoms with Gasteiger partial charge < -0.3 is 18.7 Å². The monoisotopic (exact) mass is 643 g/mol. The zero-order valence-electron chi connectivity index (χ0n) is 29.8. The van der Waals surface area contributed by atoms with Crippen LogP contribution in [0.25, 0.3) is 16.8 Å². The summed E-state index contributed by atoms with van der Waals surface area (Å²) in [6.45, 7) is 24.8. The fraction of sp³-hybridized carbons (Fsp3) is 0.667. The molecule has 6 nitrogen and oxygen atoms in total. The number of nitrogens with zero attached hydrogens (tertiary/aromatic N) is 1. The van der Waals surface area contributed by atoms with Crippen LogP contribution >= 0.6 is 0 Å². The number of fused-ring (bicyclic) bond motifs is 1. The van der Waals surface area contributed by atoms with Crippen LogP contribution in [0.2, 0.25) is 36.3 Å². The molecule has 0 unspecified atom stereocenters. The lowest BCUT2D eigenvalue weighted by atomic mass is 9.99. The molecule has 248 valence electrons. The average Bonchev–Trinajstić information content (AvgIpc) is 2.93. The van der Waals surface area contributed by atoms with E-state index >= 15 is 0 Å². The number of carbonyl (C=O) groups excluding carboxylic acids is 1. The number of hydrogen-bond donors (Lipinski definition) is 1. The molecule has 2 rings (SSSR count). The maximum Gasteiger partial charge on any atom is 0.305 e. The molecule has 0 amide bonds. The molecule has 0 saturated carbocycles. The lowest BCUT2D eigenvalue weighted by Crippen LogP contribution is -2.51. The molecular weight excluding hydrogens is 583 g/mol. The highest BCUT2D eigenvalue weighted by molar-refractivity contribution is 6.74. The van der Waals surface area contributed by atoms with E-state index in [-0.39, 0.29) is 28.3 Å². The maximum atomic E-state index is 12.0. The van der Waals surface area contributed by atoms with Crippen LogP contribution in [-0.4, -0.2) is 52.0 Å². The van der Waals surface area contributed by atoms with Gasteiger partial charge in [-0.3, -0.25) is 9.78 Å². The van der Waals surface area contributed by atoms with Crippen molar-refractivity contribution in [1.29, 1.82) is 0 Å². The van der Waals surface area contributed by atoms with Gasteiger partial charge in [0.15, 0.2) is 16.6 Å². The summed E-state index contributed by atoms with van der Waals surface area (Å²) in [5, 5.41) is 13.1. The van der Waals surface area contributed by atoms with Gasteiger partial charge in [-0.2, -0.15) is 0 Å². The number of hydrogen-bond acceptors (Lipinski definition) is 6. The zero-order valence-corrected chi connectivity index (χ0v) is 31.8. The first-order valence-corrected chi connectivity index (χ1v) is 22.3. The minimum absolute atomic E-state index is 0.0104. The van der Waals surface area contributed by atoms with E-state index in [1.54, 1.807) is 0 Å². The summed E-state index contributed by atoms with van der Waals surface area (Å²) in [4.78, 5) is 16.8. The highest BCUT2D eigenvalue weighted by Crippen LogP contribution is 2.41. The number of aliphatic hydroxyl groups is 1. The second kappa shape index (κ2) is 16.1. The fourth-order valence-corrected chi connectivity index (χ4v) is 7.34. The fourth-order valence-electron chi connectivity index (χ4n) is 4.71. The smallest absolute Gasteiger partial charge is 0.305 e. The Morgan fingerprint density at radius 1 is 0.909 bits per heavy atom. The van der Waals surface area contributed by atoms with Crippen molar-refractivity contribution in [2.24, 2.45) is 0 Å². The number of pyridine rings is 1. The van der Waals surface area contributed by atoms with Crippen molar-refractivity contribution in [3.8, 4) is 0 Å². The van der Waals surface area contributed by atoms with Crippen LogP contribution in [0.15, 0.2) is 36.5 Å². The van der Waals surface area contributed by atoms with E-state index in [2.05, 4.69) is 98.9 Å². The third-order valence-electron chi connectivity index (χ3n) is 9.67. The van der Waals surface area contributed by atoms with Crippen LogP contribution < -0.4 is 0 Å². The van der Waals surface area contributed by atoms with Gasteiger partial charge in [-0.1, -0.05) is 104 Å². The van der Waals surface area contributed by atoms with Crippen molar-refractivity contribution in [1.82, 2.24) is 4.98 Å². The number of carbonyl (C=O) groups is 1. The van der Waals surface area contributed by atoms with Crippen molar-refractivity contribution in [3.05, 3.63) is 47.8 Å². The Morgan fingerprint density at radius 2 is 1.50 bits per heavy atom. The largest absolute Gasteiger partial charge is 0.469 e. The number of ether oxygens (including phenoxy) is 1. The van der Waals surface area contributed by atoms with Crippen molar-refractivity contribution >= 4 is 39.5 Å². The van der Waals surface area contributed by atoms with Gasteiger partial charge in [0.1, 0.15) is 0 Å². The summed E-state index contributed by atoms with van der Waals surface area (Å²) >= 11 is 0. The summed E-state index contributed by atoms with van der Waals surface area (Å²) in [6.07, 6.45) is 10.6. The van der Waals surface area contributed by atoms with Gasteiger partial charge in [0.2, 0.25) is 0 Å². The zero-order chi connectivity index (χ0) is 33.3. The van der Waals surface area contributed by atoms with E-state index in [9.17, 15) is 9.90 Å². The molecule has 0 bridgehead atoms. The van der Waals surface area contributed by atoms with Gasteiger partial charge in [-0.15, -0.1) is 0 Å². The first-order valence-electron chi connectivity index (χ1n) is 16.5. The molecule has 0 aliphatic carbocycles. The third-order valence-corrected chi connectivity index (χ3v) is 18.6. The van der Waals surface area contributed by atoms with E-state index in [4.69, 9.17) is 18.6 Å². The number of methoxy groups -OCH3 is 1. The van der Waals surface area contributed by atoms with Crippen molar-refractivity contribution in [3.63, 3.8) is 0 Å². The Labute approximate surface area is 270 Å². The SMILES string of the molecule is CCCCC[C@H](O)c1ncc(/C=C/[C@@H](O[Si](C)(C)C(C)(C)C)[C@H](CCCC(=O)OC)O[Si](C)(C)C(C)(C)C)c2ccccc12. The quantitative estimate of drug-likeness (QED) is 0.111. The van der Waals surface area contributed by atoms with Gasteiger partial charge in [-0.25, -0.2) is 0 Å². The van der Waals surface area contributed by atoms with Crippen LogP contribution in [0.3, 0.4) is 0 Å². The number of esters is 1. The van der Waals surface area contributed by atoms with Gasteiger partial charge in [-0.05, 0) is 60.9 Å². The molecule has 0 spiro atoms. The lowest BCUT2D eigenvalue weighted by molar-refractivity contribution is -0.140. The Kier molecular flexibility index (Phi) is 14.0. The molecule has 0 radical (unpaired) electrons. The van der Waals surface area contributed by atoms with Gasteiger partial charge in [0, 0.05) is 23.6 Å². The van der Waals surface area contributed by atoms with Crippen LogP contribution in [-0.2, 0) is 18.4 Å². The summed E-state index contributed by atoms with van der Waals surface area (Å²) in [5.41, 5.74) is 1.72. The standard InChI is InChI=1S/C36H61NO5Si2/c1-13-14-15-21-30(38)34-29-20-17-16-19-28(29)27(26-37-34)24-25-32(42-44(11,12)36(5,6)7)31(22-18-23-33(39)40-8)41-43(9,10)35(2,3)4/h16-17,19-20,24-26,30-32,38H,13-15,18,21-23H2,1-12H3/b25-24+/t30-,31-,32+/m0/s1. The van der Waals surface area contributed by atoms with Crippen LogP contribution in [0, 0.1) is 0 Å². The van der Waals surface area contributed by atoms with Crippen molar-refractivity contribution in [2.45, 2.75) is 148 Å². The molecule has 1 N–H and O–H groups in total. The van der Waals surface area contributed by atoms with E-state index in [1.807, 2.05) is 18.3 Å². The molecule has 1 heterocycles. The molecule has 8 heteroatoms. The molecule has 3 atom stereocenters. The highest BCUT2D eigenvalue weighted by atomic mass is 28.4. The van der Waals surface area contributed by atoms with E-state index < -0.39 is 22.7 Å². The molecule has 0 fully saturated rings. The molecule has 2 aromatic rings. The third kappa shape index (κ3) is 10.6. The second-order valence-electron chi connectivity index (χ2n) is 15.2. The summed E-state index contributed by atoms with van der Waals surface area (Å²) in [7, 11) is -2.95. The topological polar surface area (TPSA) is 77.9 Å². The Hall–Kier alpha value is -1.85. The van der Waals surface area contributed by atoms with Gasteiger partial charge >= 0.3 is 5.97 Å². The van der Waals surface area contributed by atoms with Crippen molar-refractivity contribution < 1.29 is 23.5 Å². The van der Waals surface area contributed by atoms with Gasteiger partial charge in [0.25, 0.3) is 0 Å². The normalized spacial score (nSPS) is 15.5. The predicted molar refractivity (Wildman–Crippen MR) is 190 cm³/mol. The molecule has 44 heavy (non-hydrogen) atoms. The predicted octanol–water partition coefficient (Wildman–Crippen LogP) is 9.99. The van der Waals surface area contributed by atoms with Crippen LogP contribution in [0.5, 0.6) is 0 Å². The Morgan fingerprint density at radius 3 is 2.07 bits per heavy atom. The number of aromatic nitrogens is 1. The van der Waals surface area contributed by atoms with Gasteiger partial charge in [0.05, 0.1) is 31.1 Å². The Balaban J connectivity index is 2.59. The van der Waals surface area contributed by atoms with E-state index in [0.717, 1.165) is 41.3 Å². The lowest BCUT2D eigenvalue weighted by Gasteiger charge is -2.44. The first kappa shape index (κ1) is 38.3. The number of benzene rings is 1. The summed E-state index contributed by atoms with van der Waals surface area (Å²) in [5.74, 6) is -0.206. The number of unbranched alkanes of at least 4 members (excludes halogenated alkanes) is 2. The first-order chi connectivity index (χ1) is 20.3. The van der Waals surface area contributed by atoms with Crippen molar-refractivity contribution in [2.75, 3.05) is 7.11 Å². The number of aliphatic hydroxyl groups excluding tert-OH is 1. The Bertz CT molecular complexity index is 1230. The highest BCUT2D eigenvalue weighted by Gasteiger charge is 2.44. The summed E-state index contributed by atoms with van der Waals surface area (Å²) in [6, 6.07) is 8.20. The van der Waals surface area contributed by atoms with E-state index in [0.29, 0.717) is 25.7 Å². The molecule has 1 aromatic heterocycles. The maximum absolute atomic E-state index is 12.0. The van der Waals surface area contributed by atoms with Crippen LogP contribution in [0.4, 0.5) is 0 Å². The molecule has 0 aliphatic heterocycles. The summed E-state index contributed by atoms with van der Waals surface area (Å²) < 4.78 is 19.2. The second-order valence-corrected chi connectivity index (χ2v) is 24.8. The molecular formula is C36H61NO5Si2. The average molecular weight is 644 g/mol. The molecule has 0 saturated heterocycles. The minimum atomic E-state index is -2.21. The minimum Gasteiger partial charge on any atom is -0.469 e.